The molecule has 1 aliphatic carbocycles. The van der Waals surface area contributed by atoms with Crippen molar-refractivity contribution in [2.24, 2.45) is 5.92 Å². The lowest BCUT2D eigenvalue weighted by Crippen LogP contribution is -2.46. The summed E-state index contributed by atoms with van der Waals surface area (Å²) in [5.74, 6) is 0.800. The van der Waals surface area contributed by atoms with Crippen LogP contribution in [-0.4, -0.2) is 23.0 Å². The van der Waals surface area contributed by atoms with Gasteiger partial charge in [0.25, 0.3) is 0 Å². The zero-order chi connectivity index (χ0) is 13.7. The molecule has 1 aliphatic rings. The Bertz CT molecular complexity index is 414. The maximum Gasteiger partial charge on any atom is 0.168 e. The summed E-state index contributed by atoms with van der Waals surface area (Å²) >= 11 is 0. The van der Waals surface area contributed by atoms with Crippen LogP contribution in [0.4, 0.5) is 0 Å². The fourth-order valence-electron chi connectivity index (χ4n) is 3.09. The Morgan fingerprint density at radius 1 is 1.47 bits per heavy atom. The maximum absolute atomic E-state index is 12.7. The Labute approximate surface area is 115 Å². The molecular weight excluding hydrogens is 238 g/mol. The van der Waals surface area contributed by atoms with Crippen LogP contribution in [-0.2, 0) is 16.0 Å². The molecule has 3 nitrogen and oxygen atoms in total. The summed E-state index contributed by atoms with van der Waals surface area (Å²) in [6.07, 6.45) is 7.95. The number of Topliss-reactive ketones (excluding diaryl/α,β-unsaturated/α-hetero) is 1. The minimum atomic E-state index is -0.546. The SMILES string of the molecule is CCOC1(C(=O)Cc2ccncc2)CCCC(C)C1. The summed E-state index contributed by atoms with van der Waals surface area (Å²) < 4.78 is 5.91. The number of hydrogen-bond donors (Lipinski definition) is 0. The van der Waals surface area contributed by atoms with Crippen LogP contribution in [0.1, 0.15) is 45.1 Å². The molecule has 0 spiro atoms. The predicted molar refractivity (Wildman–Crippen MR) is 74.9 cm³/mol. The molecule has 104 valence electrons. The van der Waals surface area contributed by atoms with Crippen molar-refractivity contribution in [3.8, 4) is 0 Å². The van der Waals surface area contributed by atoms with E-state index in [2.05, 4.69) is 11.9 Å². The number of pyridine rings is 1. The smallest absolute Gasteiger partial charge is 0.168 e. The van der Waals surface area contributed by atoms with Crippen molar-refractivity contribution >= 4 is 5.78 Å². The molecule has 1 heterocycles. The highest BCUT2D eigenvalue weighted by molar-refractivity contribution is 5.89. The Hall–Kier alpha value is -1.22. The molecule has 1 aromatic heterocycles. The fourth-order valence-corrected chi connectivity index (χ4v) is 3.09. The first-order chi connectivity index (χ1) is 9.16. The summed E-state index contributed by atoms with van der Waals surface area (Å²) in [4.78, 5) is 16.7. The zero-order valence-electron chi connectivity index (χ0n) is 11.9. The van der Waals surface area contributed by atoms with Gasteiger partial charge in [0.2, 0.25) is 0 Å². The molecule has 1 aromatic rings. The Balaban J connectivity index is 2.12. The first-order valence-corrected chi connectivity index (χ1v) is 7.22. The third-order valence-corrected chi connectivity index (χ3v) is 4.00. The van der Waals surface area contributed by atoms with Crippen LogP contribution in [0.2, 0.25) is 0 Å². The first-order valence-electron chi connectivity index (χ1n) is 7.22. The lowest BCUT2D eigenvalue weighted by Gasteiger charge is -2.38. The summed E-state index contributed by atoms with van der Waals surface area (Å²) in [6, 6.07) is 3.81. The largest absolute Gasteiger partial charge is 0.367 e. The van der Waals surface area contributed by atoms with Crippen LogP contribution in [0.15, 0.2) is 24.5 Å². The second kappa shape index (κ2) is 6.29. The molecule has 0 aliphatic heterocycles. The molecule has 2 atom stereocenters. The summed E-state index contributed by atoms with van der Waals surface area (Å²) in [5.41, 5.74) is 0.479. The minimum absolute atomic E-state index is 0.229. The van der Waals surface area contributed by atoms with E-state index in [0.717, 1.165) is 24.8 Å². The zero-order valence-corrected chi connectivity index (χ0v) is 11.9. The van der Waals surface area contributed by atoms with Crippen molar-refractivity contribution in [1.82, 2.24) is 4.98 Å². The molecule has 1 fully saturated rings. The molecule has 0 radical (unpaired) electrons. The van der Waals surface area contributed by atoms with Gasteiger partial charge in [-0.25, -0.2) is 0 Å². The van der Waals surface area contributed by atoms with E-state index in [4.69, 9.17) is 4.74 Å². The van der Waals surface area contributed by atoms with E-state index in [1.807, 2.05) is 19.1 Å². The van der Waals surface area contributed by atoms with Crippen molar-refractivity contribution in [3.05, 3.63) is 30.1 Å². The minimum Gasteiger partial charge on any atom is -0.367 e. The van der Waals surface area contributed by atoms with E-state index in [-0.39, 0.29) is 5.78 Å². The molecule has 2 unspecified atom stereocenters. The number of ether oxygens (including phenoxy) is 1. The molecule has 0 amide bonds. The van der Waals surface area contributed by atoms with Crippen LogP contribution < -0.4 is 0 Å². The van der Waals surface area contributed by atoms with Crippen LogP contribution in [0, 0.1) is 5.92 Å². The highest BCUT2D eigenvalue weighted by Gasteiger charge is 2.41. The van der Waals surface area contributed by atoms with Gasteiger partial charge in [-0.15, -0.1) is 0 Å². The average Bonchev–Trinajstić information content (AvgIpc) is 2.40. The van der Waals surface area contributed by atoms with Crippen molar-refractivity contribution in [2.75, 3.05) is 6.61 Å². The lowest BCUT2D eigenvalue weighted by atomic mass is 9.75. The van der Waals surface area contributed by atoms with Crippen molar-refractivity contribution < 1.29 is 9.53 Å². The highest BCUT2D eigenvalue weighted by atomic mass is 16.5. The van der Waals surface area contributed by atoms with Gasteiger partial charge in [-0.2, -0.15) is 0 Å². The average molecular weight is 261 g/mol. The van der Waals surface area contributed by atoms with Crippen LogP contribution in [0.3, 0.4) is 0 Å². The lowest BCUT2D eigenvalue weighted by molar-refractivity contribution is -0.150. The maximum atomic E-state index is 12.7. The van der Waals surface area contributed by atoms with E-state index in [1.165, 1.54) is 6.42 Å². The van der Waals surface area contributed by atoms with Crippen LogP contribution in [0.25, 0.3) is 0 Å². The topological polar surface area (TPSA) is 39.2 Å². The quantitative estimate of drug-likeness (QED) is 0.817. The molecule has 0 aromatic carbocycles. The van der Waals surface area contributed by atoms with Gasteiger partial charge in [-0.05, 0) is 49.8 Å². The van der Waals surface area contributed by atoms with E-state index in [9.17, 15) is 4.79 Å². The van der Waals surface area contributed by atoms with Gasteiger partial charge in [0.1, 0.15) is 5.60 Å². The molecule has 3 heteroatoms. The van der Waals surface area contributed by atoms with E-state index in [1.54, 1.807) is 12.4 Å². The number of carbonyl (C=O) groups is 1. The Kier molecular flexibility index (Phi) is 4.70. The van der Waals surface area contributed by atoms with Gasteiger partial charge in [0, 0.05) is 25.4 Å². The molecule has 2 rings (SSSR count). The van der Waals surface area contributed by atoms with Crippen LogP contribution in [0.5, 0.6) is 0 Å². The number of nitrogens with zero attached hydrogens (tertiary/aromatic N) is 1. The van der Waals surface area contributed by atoms with E-state index in [0.29, 0.717) is 18.9 Å². The second-order valence-electron chi connectivity index (χ2n) is 5.58. The third kappa shape index (κ3) is 3.41. The highest BCUT2D eigenvalue weighted by Crippen LogP contribution is 2.36. The van der Waals surface area contributed by atoms with Gasteiger partial charge in [0.05, 0.1) is 0 Å². The molecular formula is C16H23NO2. The first kappa shape index (κ1) is 14.2. The van der Waals surface area contributed by atoms with E-state index < -0.39 is 5.60 Å². The molecule has 0 saturated heterocycles. The fraction of sp³-hybridized carbons (Fsp3) is 0.625. The monoisotopic (exact) mass is 261 g/mol. The number of ketones is 1. The van der Waals surface area contributed by atoms with Gasteiger partial charge in [-0.3, -0.25) is 9.78 Å². The van der Waals surface area contributed by atoms with Gasteiger partial charge in [0.15, 0.2) is 5.78 Å². The Morgan fingerprint density at radius 3 is 2.84 bits per heavy atom. The summed E-state index contributed by atoms with van der Waals surface area (Å²) in [6.45, 7) is 4.79. The predicted octanol–water partition coefficient (Wildman–Crippen LogP) is 3.18. The van der Waals surface area contributed by atoms with E-state index >= 15 is 0 Å². The van der Waals surface area contributed by atoms with Crippen molar-refractivity contribution in [3.63, 3.8) is 0 Å². The van der Waals surface area contributed by atoms with Crippen molar-refractivity contribution in [1.29, 1.82) is 0 Å². The normalized spacial score (nSPS) is 27.2. The second-order valence-corrected chi connectivity index (χ2v) is 5.58. The number of rotatable bonds is 5. The van der Waals surface area contributed by atoms with Gasteiger partial charge >= 0.3 is 0 Å². The standard InChI is InChI=1S/C16H23NO2/c1-3-19-16(8-4-5-13(2)12-16)15(18)11-14-6-9-17-10-7-14/h6-7,9-10,13H,3-5,8,11-12H2,1-2H3. The molecule has 0 N–H and O–H groups in total. The Morgan fingerprint density at radius 2 is 2.21 bits per heavy atom. The van der Waals surface area contributed by atoms with Gasteiger partial charge < -0.3 is 4.74 Å². The van der Waals surface area contributed by atoms with Gasteiger partial charge in [-0.1, -0.05) is 13.3 Å². The number of hydrogen-bond acceptors (Lipinski definition) is 3. The summed E-state index contributed by atoms with van der Waals surface area (Å²) in [7, 11) is 0. The molecule has 0 bridgehead atoms. The number of aromatic nitrogens is 1. The summed E-state index contributed by atoms with van der Waals surface area (Å²) in [5, 5.41) is 0. The molecule has 19 heavy (non-hydrogen) atoms. The number of carbonyl (C=O) groups excluding carboxylic acids is 1. The van der Waals surface area contributed by atoms with Crippen molar-refractivity contribution in [2.45, 2.75) is 51.6 Å². The van der Waals surface area contributed by atoms with Crippen LogP contribution >= 0.6 is 0 Å². The third-order valence-electron chi connectivity index (χ3n) is 4.00. The molecule has 1 saturated carbocycles.